The zero-order valence-corrected chi connectivity index (χ0v) is 11.2. The van der Waals surface area contributed by atoms with Crippen molar-refractivity contribution in [1.82, 2.24) is 9.88 Å². The van der Waals surface area contributed by atoms with Crippen molar-refractivity contribution in [3.63, 3.8) is 0 Å². The first-order valence-corrected chi connectivity index (χ1v) is 6.24. The van der Waals surface area contributed by atoms with Gasteiger partial charge in [0.15, 0.2) is 6.61 Å². The van der Waals surface area contributed by atoms with Crippen LogP contribution in [0.15, 0.2) is 12.3 Å². The van der Waals surface area contributed by atoms with Crippen LogP contribution in [0, 0.1) is 0 Å². The molecule has 112 valence electrons. The first-order chi connectivity index (χ1) is 9.37. The first-order valence-electron chi connectivity index (χ1n) is 6.24. The maximum Gasteiger partial charge on any atom is 0.422 e. The molecule has 5 nitrogen and oxygen atoms in total. The van der Waals surface area contributed by atoms with E-state index in [0.29, 0.717) is 5.69 Å². The molecule has 2 heterocycles. The van der Waals surface area contributed by atoms with Crippen molar-refractivity contribution < 1.29 is 17.9 Å². The molecule has 0 saturated carbocycles. The topological polar surface area (TPSA) is 54.6 Å². The van der Waals surface area contributed by atoms with Gasteiger partial charge in [-0.05, 0) is 13.1 Å². The molecule has 0 unspecified atom stereocenters. The minimum atomic E-state index is -4.40. The van der Waals surface area contributed by atoms with E-state index in [1.54, 1.807) is 6.07 Å². The van der Waals surface area contributed by atoms with E-state index in [2.05, 4.69) is 14.6 Å². The van der Waals surface area contributed by atoms with E-state index in [-0.39, 0.29) is 11.6 Å². The van der Waals surface area contributed by atoms with Gasteiger partial charge in [-0.1, -0.05) is 0 Å². The Hall–Kier alpha value is -1.70. The lowest BCUT2D eigenvalue weighted by Gasteiger charge is -2.34. The number of piperazine rings is 1. The summed E-state index contributed by atoms with van der Waals surface area (Å²) in [6.07, 6.45) is -2.99. The highest BCUT2D eigenvalue weighted by molar-refractivity contribution is 5.72. The van der Waals surface area contributed by atoms with E-state index in [1.807, 2.05) is 11.9 Å². The lowest BCUT2D eigenvalue weighted by molar-refractivity contribution is -0.153. The Morgan fingerprint density at radius 1 is 1.30 bits per heavy atom. The number of rotatable bonds is 3. The van der Waals surface area contributed by atoms with Crippen molar-refractivity contribution >= 4 is 11.4 Å². The fourth-order valence-electron chi connectivity index (χ4n) is 2.03. The van der Waals surface area contributed by atoms with E-state index in [9.17, 15) is 13.2 Å². The van der Waals surface area contributed by atoms with Crippen molar-refractivity contribution in [2.45, 2.75) is 6.18 Å². The largest absolute Gasteiger partial charge is 0.466 e. The number of alkyl halides is 3. The molecule has 0 bridgehead atoms. The standard InChI is InChI=1S/C12H17F3N4O/c1-18-4-6-19(7-5-18)9-2-3-17-11(10(9)16)20-8-12(13,14)15/h2-3H,4-8,16H2,1H3. The quantitative estimate of drug-likeness (QED) is 0.911. The summed E-state index contributed by atoms with van der Waals surface area (Å²) < 4.78 is 41.1. The zero-order chi connectivity index (χ0) is 14.8. The van der Waals surface area contributed by atoms with E-state index in [1.165, 1.54) is 6.20 Å². The molecule has 2 rings (SSSR count). The molecule has 1 aliphatic heterocycles. The van der Waals surface area contributed by atoms with Crippen LogP contribution in [-0.4, -0.2) is 55.9 Å². The molecule has 0 radical (unpaired) electrons. The van der Waals surface area contributed by atoms with Gasteiger partial charge in [-0.25, -0.2) is 4.98 Å². The van der Waals surface area contributed by atoms with Crippen LogP contribution in [0.2, 0.25) is 0 Å². The average molecular weight is 290 g/mol. The molecule has 8 heteroatoms. The van der Waals surface area contributed by atoms with E-state index in [4.69, 9.17) is 5.73 Å². The number of anilines is 2. The van der Waals surface area contributed by atoms with Gasteiger partial charge in [0.1, 0.15) is 5.69 Å². The average Bonchev–Trinajstić information content (AvgIpc) is 2.38. The number of ether oxygens (including phenoxy) is 1. The van der Waals surface area contributed by atoms with Gasteiger partial charge in [0.25, 0.3) is 0 Å². The van der Waals surface area contributed by atoms with Gasteiger partial charge >= 0.3 is 6.18 Å². The van der Waals surface area contributed by atoms with Crippen LogP contribution < -0.4 is 15.4 Å². The molecule has 0 amide bonds. The lowest BCUT2D eigenvalue weighted by Crippen LogP contribution is -2.44. The second-order valence-corrected chi connectivity index (χ2v) is 4.74. The van der Waals surface area contributed by atoms with Gasteiger partial charge < -0.3 is 20.3 Å². The van der Waals surface area contributed by atoms with Crippen LogP contribution in [0.1, 0.15) is 0 Å². The lowest BCUT2D eigenvalue weighted by atomic mass is 10.2. The number of aromatic nitrogens is 1. The number of pyridine rings is 1. The van der Waals surface area contributed by atoms with Gasteiger partial charge in [0.05, 0.1) is 5.69 Å². The number of hydrogen-bond donors (Lipinski definition) is 1. The molecule has 20 heavy (non-hydrogen) atoms. The van der Waals surface area contributed by atoms with Crippen molar-refractivity contribution in [2.24, 2.45) is 0 Å². The number of hydrogen-bond acceptors (Lipinski definition) is 5. The van der Waals surface area contributed by atoms with Crippen molar-refractivity contribution in [3.8, 4) is 5.88 Å². The molecule has 1 aliphatic rings. The summed E-state index contributed by atoms with van der Waals surface area (Å²) in [5.74, 6) is -0.168. The fraction of sp³-hybridized carbons (Fsp3) is 0.583. The highest BCUT2D eigenvalue weighted by Crippen LogP contribution is 2.31. The summed E-state index contributed by atoms with van der Waals surface area (Å²) >= 11 is 0. The maximum absolute atomic E-state index is 12.2. The summed E-state index contributed by atoms with van der Waals surface area (Å²) in [6.45, 7) is 1.89. The third-order valence-electron chi connectivity index (χ3n) is 3.15. The Morgan fingerprint density at radius 2 is 1.95 bits per heavy atom. The predicted octanol–water partition coefficient (Wildman–Crippen LogP) is 1.36. The van der Waals surface area contributed by atoms with Gasteiger partial charge in [0, 0.05) is 32.4 Å². The monoisotopic (exact) mass is 290 g/mol. The molecule has 0 aromatic carbocycles. The highest BCUT2D eigenvalue weighted by atomic mass is 19.4. The Bertz CT molecular complexity index is 459. The first kappa shape index (κ1) is 14.7. The van der Waals surface area contributed by atoms with Gasteiger partial charge in [0.2, 0.25) is 5.88 Å². The summed E-state index contributed by atoms with van der Waals surface area (Å²) in [5.41, 5.74) is 6.69. The molecule has 1 aromatic rings. The maximum atomic E-state index is 12.2. The molecule has 0 aliphatic carbocycles. The second kappa shape index (κ2) is 5.74. The normalized spacial score (nSPS) is 17.3. The molecular formula is C12H17F3N4O. The van der Waals surface area contributed by atoms with E-state index in [0.717, 1.165) is 26.2 Å². The summed E-state index contributed by atoms with van der Waals surface area (Å²) in [6, 6.07) is 1.70. The molecular weight excluding hydrogens is 273 g/mol. The van der Waals surface area contributed by atoms with Gasteiger partial charge in [-0.2, -0.15) is 13.2 Å². The predicted molar refractivity (Wildman–Crippen MR) is 69.9 cm³/mol. The SMILES string of the molecule is CN1CCN(c2ccnc(OCC(F)(F)F)c2N)CC1. The molecule has 0 spiro atoms. The molecule has 1 aromatic heterocycles. The number of nitrogen functional groups attached to an aromatic ring is 1. The summed E-state index contributed by atoms with van der Waals surface area (Å²) in [5, 5.41) is 0. The van der Waals surface area contributed by atoms with Crippen LogP contribution in [0.5, 0.6) is 5.88 Å². The Kier molecular flexibility index (Phi) is 4.22. The Morgan fingerprint density at radius 3 is 2.55 bits per heavy atom. The molecule has 2 N–H and O–H groups in total. The van der Waals surface area contributed by atoms with Crippen molar-refractivity contribution in [2.75, 3.05) is 50.5 Å². The summed E-state index contributed by atoms with van der Waals surface area (Å²) in [4.78, 5) is 7.97. The zero-order valence-electron chi connectivity index (χ0n) is 11.2. The van der Waals surface area contributed by atoms with Crippen LogP contribution >= 0.6 is 0 Å². The fourth-order valence-corrected chi connectivity index (χ4v) is 2.03. The third kappa shape index (κ3) is 3.66. The van der Waals surface area contributed by atoms with Crippen LogP contribution in [0.25, 0.3) is 0 Å². The number of halogens is 3. The van der Waals surface area contributed by atoms with Gasteiger partial charge in [-0.3, -0.25) is 0 Å². The Balaban J connectivity index is 2.11. The number of likely N-dealkylation sites (N-methyl/N-ethyl adjacent to an activating group) is 1. The smallest absolute Gasteiger partial charge is 0.422 e. The third-order valence-corrected chi connectivity index (χ3v) is 3.15. The Labute approximate surface area is 115 Å². The second-order valence-electron chi connectivity index (χ2n) is 4.74. The highest BCUT2D eigenvalue weighted by Gasteiger charge is 2.29. The van der Waals surface area contributed by atoms with Crippen LogP contribution in [0.4, 0.5) is 24.5 Å². The van der Waals surface area contributed by atoms with Crippen LogP contribution in [-0.2, 0) is 0 Å². The van der Waals surface area contributed by atoms with Crippen LogP contribution in [0.3, 0.4) is 0 Å². The molecule has 1 fully saturated rings. The summed E-state index contributed by atoms with van der Waals surface area (Å²) in [7, 11) is 2.02. The van der Waals surface area contributed by atoms with Gasteiger partial charge in [-0.15, -0.1) is 0 Å². The van der Waals surface area contributed by atoms with Crippen molar-refractivity contribution in [1.29, 1.82) is 0 Å². The van der Waals surface area contributed by atoms with E-state index < -0.39 is 12.8 Å². The number of nitrogens with zero attached hydrogens (tertiary/aromatic N) is 3. The van der Waals surface area contributed by atoms with Crippen molar-refractivity contribution in [3.05, 3.63) is 12.3 Å². The molecule has 0 atom stereocenters. The minimum absolute atomic E-state index is 0.154. The minimum Gasteiger partial charge on any atom is -0.466 e. The molecule has 1 saturated heterocycles. The number of nitrogens with two attached hydrogens (primary N) is 1. The van der Waals surface area contributed by atoms with E-state index >= 15 is 0 Å².